The molecule has 5 nitrogen and oxygen atoms in total. The van der Waals surface area contributed by atoms with E-state index in [-0.39, 0.29) is 18.6 Å². The maximum absolute atomic E-state index is 11.8. The summed E-state index contributed by atoms with van der Waals surface area (Å²) in [7, 11) is 1.62. The van der Waals surface area contributed by atoms with Gasteiger partial charge in [-0.1, -0.05) is 23.8 Å². The van der Waals surface area contributed by atoms with Gasteiger partial charge in [-0.25, -0.2) is 0 Å². The van der Waals surface area contributed by atoms with Crippen LogP contribution in [0.1, 0.15) is 52.9 Å². The number of epoxide rings is 1. The van der Waals surface area contributed by atoms with Crippen molar-refractivity contribution in [3.05, 3.63) is 23.8 Å². The van der Waals surface area contributed by atoms with Crippen LogP contribution < -0.4 is 0 Å². The van der Waals surface area contributed by atoms with Crippen LogP contribution in [0.25, 0.3) is 0 Å². The average Bonchev–Trinajstić information content (AvgIpc) is 3.39. The molecule has 8 unspecified atom stereocenters. The van der Waals surface area contributed by atoms with Gasteiger partial charge < -0.3 is 24.8 Å². The van der Waals surface area contributed by atoms with E-state index in [2.05, 4.69) is 39.0 Å². The molecule has 1 aliphatic heterocycles. The Kier molecular flexibility index (Phi) is 8.13. The molecule has 0 bridgehead atoms. The van der Waals surface area contributed by atoms with Crippen molar-refractivity contribution in [3.8, 4) is 0 Å². The van der Waals surface area contributed by atoms with E-state index in [1.807, 2.05) is 0 Å². The average molecular weight is 441 g/mol. The second kappa shape index (κ2) is 10.1. The zero-order valence-corrected chi connectivity index (χ0v) is 19.7. The summed E-state index contributed by atoms with van der Waals surface area (Å²) < 4.78 is 11.9. The molecule has 2 aliphatic carbocycles. The maximum Gasteiger partial charge on any atom is 0.100 e. The monoisotopic (exact) mass is 440 g/mol. The van der Waals surface area contributed by atoms with Crippen LogP contribution in [-0.4, -0.2) is 70.1 Å². The first-order valence-electron chi connectivity index (χ1n) is 11.3. The van der Waals surface area contributed by atoms with E-state index in [0.717, 1.165) is 25.0 Å². The van der Waals surface area contributed by atoms with Crippen molar-refractivity contribution >= 4 is 11.8 Å². The van der Waals surface area contributed by atoms with E-state index < -0.39 is 23.4 Å². The lowest BCUT2D eigenvalue weighted by atomic mass is 9.66. The van der Waals surface area contributed by atoms with E-state index >= 15 is 0 Å². The Labute approximate surface area is 185 Å². The highest BCUT2D eigenvalue weighted by Crippen LogP contribution is 2.55. The molecule has 1 saturated carbocycles. The molecule has 1 heterocycles. The summed E-state index contributed by atoms with van der Waals surface area (Å²) in [6.45, 7) is 6.44. The van der Waals surface area contributed by atoms with Gasteiger partial charge in [0, 0.05) is 25.4 Å². The van der Waals surface area contributed by atoms with Crippen molar-refractivity contribution in [1.29, 1.82) is 0 Å². The predicted octanol–water partition coefficient (Wildman–Crippen LogP) is 3.33. The van der Waals surface area contributed by atoms with Gasteiger partial charge in [0.2, 0.25) is 0 Å². The summed E-state index contributed by atoms with van der Waals surface area (Å²) in [5.74, 6) is 1.99. The van der Waals surface area contributed by atoms with Crippen molar-refractivity contribution in [3.63, 3.8) is 0 Å². The molecule has 0 radical (unpaired) electrons. The van der Waals surface area contributed by atoms with Crippen LogP contribution >= 0.6 is 11.8 Å². The predicted molar refractivity (Wildman–Crippen MR) is 122 cm³/mol. The van der Waals surface area contributed by atoms with Crippen LogP contribution in [-0.2, 0) is 9.47 Å². The standard InChI is InChI=1S/C24H40O5S/c1-16(2)9-10-20-23(3,29-20)22-21(28-4)19(26)11-12-24(22,27)15-30-14-18-8-6-5-7-17(18)13-25/h5-6,9,17-22,25-27H,7-8,10-15H2,1-4H3. The van der Waals surface area contributed by atoms with E-state index in [4.69, 9.17) is 9.47 Å². The van der Waals surface area contributed by atoms with Gasteiger partial charge in [0.1, 0.15) is 5.60 Å². The summed E-state index contributed by atoms with van der Waals surface area (Å²) >= 11 is 1.77. The molecule has 3 aliphatic rings. The minimum absolute atomic E-state index is 0.0409. The zero-order chi connectivity index (χ0) is 21.9. The lowest BCUT2D eigenvalue weighted by Gasteiger charge is -2.48. The molecule has 0 spiro atoms. The Balaban J connectivity index is 1.70. The fourth-order valence-electron chi connectivity index (χ4n) is 5.47. The van der Waals surface area contributed by atoms with Crippen molar-refractivity contribution in [2.24, 2.45) is 17.8 Å². The largest absolute Gasteiger partial charge is 0.396 e. The smallest absolute Gasteiger partial charge is 0.100 e. The number of aliphatic hydroxyl groups excluding tert-OH is 2. The fraction of sp³-hybridized carbons (Fsp3) is 0.833. The van der Waals surface area contributed by atoms with Gasteiger partial charge in [-0.2, -0.15) is 11.8 Å². The van der Waals surface area contributed by atoms with Gasteiger partial charge in [-0.3, -0.25) is 0 Å². The van der Waals surface area contributed by atoms with Gasteiger partial charge >= 0.3 is 0 Å². The number of methoxy groups -OCH3 is 1. The molecule has 3 rings (SSSR count). The summed E-state index contributed by atoms with van der Waals surface area (Å²) in [4.78, 5) is 0. The number of allylic oxidation sites excluding steroid dienone is 3. The highest BCUT2D eigenvalue weighted by molar-refractivity contribution is 7.99. The second-order valence-electron chi connectivity index (χ2n) is 9.86. The topological polar surface area (TPSA) is 82.5 Å². The quantitative estimate of drug-likeness (QED) is 0.377. The Morgan fingerprint density at radius 1 is 1.27 bits per heavy atom. The van der Waals surface area contributed by atoms with E-state index in [1.165, 1.54) is 5.57 Å². The van der Waals surface area contributed by atoms with Gasteiger partial charge in [0.25, 0.3) is 0 Å². The van der Waals surface area contributed by atoms with Crippen molar-refractivity contribution in [1.82, 2.24) is 0 Å². The lowest BCUT2D eigenvalue weighted by Crippen LogP contribution is -2.60. The number of thioether (sulfide) groups is 1. The SMILES string of the molecule is COC1C(O)CCC(O)(CSCC2CC=CCC2CO)C1C1(C)OC1CC=C(C)C. The zero-order valence-electron chi connectivity index (χ0n) is 18.9. The van der Waals surface area contributed by atoms with Crippen LogP contribution in [0, 0.1) is 17.8 Å². The third-order valence-electron chi connectivity index (χ3n) is 7.40. The Morgan fingerprint density at radius 2 is 1.97 bits per heavy atom. The fourth-order valence-corrected chi connectivity index (χ4v) is 6.98. The number of hydrogen-bond acceptors (Lipinski definition) is 6. The van der Waals surface area contributed by atoms with E-state index in [0.29, 0.717) is 30.4 Å². The summed E-state index contributed by atoms with van der Waals surface area (Å²) in [6, 6.07) is 0. The van der Waals surface area contributed by atoms with E-state index in [9.17, 15) is 15.3 Å². The molecule has 172 valence electrons. The molecule has 2 fully saturated rings. The lowest BCUT2D eigenvalue weighted by molar-refractivity contribution is -0.169. The Bertz CT molecular complexity index is 633. The molecule has 1 saturated heterocycles. The molecule has 30 heavy (non-hydrogen) atoms. The minimum Gasteiger partial charge on any atom is -0.396 e. The van der Waals surface area contributed by atoms with Gasteiger partial charge in [-0.05, 0) is 70.5 Å². The first kappa shape index (κ1) is 24.3. The molecule has 0 aromatic carbocycles. The maximum atomic E-state index is 11.8. The molecule has 6 heteroatoms. The van der Waals surface area contributed by atoms with E-state index in [1.54, 1.807) is 18.9 Å². The minimum atomic E-state index is -0.946. The van der Waals surface area contributed by atoms with Crippen LogP contribution in [0.5, 0.6) is 0 Å². The molecular weight excluding hydrogens is 400 g/mol. The van der Waals surface area contributed by atoms with Crippen LogP contribution in [0.15, 0.2) is 23.8 Å². The first-order valence-corrected chi connectivity index (χ1v) is 12.5. The molecule has 0 aromatic rings. The third kappa shape index (κ3) is 5.16. The van der Waals surface area contributed by atoms with Gasteiger partial charge in [0.05, 0.1) is 23.9 Å². The van der Waals surface area contributed by atoms with Crippen LogP contribution in [0.3, 0.4) is 0 Å². The third-order valence-corrected chi connectivity index (χ3v) is 8.77. The summed E-state index contributed by atoms with van der Waals surface area (Å²) in [6.07, 6.45) is 9.39. The number of rotatable bonds is 9. The molecule has 0 aromatic heterocycles. The van der Waals surface area contributed by atoms with Gasteiger partial charge in [-0.15, -0.1) is 0 Å². The van der Waals surface area contributed by atoms with Crippen LogP contribution in [0.4, 0.5) is 0 Å². The number of aliphatic hydroxyl groups is 3. The normalized spacial score (nSPS) is 43.4. The van der Waals surface area contributed by atoms with Crippen molar-refractivity contribution < 1.29 is 24.8 Å². The Morgan fingerprint density at radius 3 is 2.60 bits per heavy atom. The Hall–Kier alpha value is -0.370. The molecule has 3 N–H and O–H groups in total. The molecule has 0 amide bonds. The highest BCUT2D eigenvalue weighted by Gasteiger charge is 2.67. The number of hydrogen-bond donors (Lipinski definition) is 3. The van der Waals surface area contributed by atoms with Crippen molar-refractivity contribution in [2.75, 3.05) is 25.2 Å². The number of ether oxygens (including phenoxy) is 2. The molecule has 8 atom stereocenters. The first-order chi connectivity index (χ1) is 14.2. The van der Waals surface area contributed by atoms with Crippen LogP contribution in [0.2, 0.25) is 0 Å². The molecular formula is C24H40O5S. The van der Waals surface area contributed by atoms with Crippen molar-refractivity contribution in [2.45, 2.75) is 82.4 Å². The van der Waals surface area contributed by atoms with Gasteiger partial charge in [0.15, 0.2) is 0 Å². The summed E-state index contributed by atoms with van der Waals surface area (Å²) in [5, 5.41) is 32.1. The highest BCUT2D eigenvalue weighted by atomic mass is 32.2. The summed E-state index contributed by atoms with van der Waals surface area (Å²) in [5.41, 5.74) is -0.186. The second-order valence-corrected chi connectivity index (χ2v) is 10.9.